The molecular formula is C14H15FN4O. The zero-order chi connectivity index (χ0) is 13.9. The third-order valence-electron chi connectivity index (χ3n) is 3.54. The third-order valence-corrected chi connectivity index (χ3v) is 3.54. The fraction of sp³-hybridized carbons (Fsp3) is 0.357. The van der Waals surface area contributed by atoms with Gasteiger partial charge in [-0.1, -0.05) is 0 Å². The van der Waals surface area contributed by atoms with Crippen LogP contribution in [0.15, 0.2) is 36.9 Å². The van der Waals surface area contributed by atoms with E-state index in [9.17, 15) is 9.50 Å². The van der Waals surface area contributed by atoms with Crippen molar-refractivity contribution < 1.29 is 9.50 Å². The molecule has 5 nitrogen and oxygen atoms in total. The minimum Gasteiger partial charge on any atom is -0.391 e. The summed E-state index contributed by atoms with van der Waals surface area (Å²) in [4.78, 5) is 13.8. The Morgan fingerprint density at radius 1 is 1.20 bits per heavy atom. The smallest absolute Gasteiger partial charge is 0.225 e. The molecule has 0 aromatic carbocycles. The molecule has 0 radical (unpaired) electrons. The van der Waals surface area contributed by atoms with Crippen LogP contribution < -0.4 is 4.90 Å². The molecule has 1 aliphatic rings. The van der Waals surface area contributed by atoms with Crippen molar-refractivity contribution in [2.75, 3.05) is 18.0 Å². The van der Waals surface area contributed by atoms with Gasteiger partial charge in [-0.15, -0.1) is 0 Å². The van der Waals surface area contributed by atoms with Crippen LogP contribution in [0.25, 0.3) is 0 Å². The van der Waals surface area contributed by atoms with E-state index in [-0.39, 0.29) is 5.92 Å². The molecule has 1 N–H and O–H groups in total. The van der Waals surface area contributed by atoms with Crippen LogP contribution in [0.1, 0.15) is 5.56 Å². The molecular weight excluding hydrogens is 259 g/mol. The minimum atomic E-state index is -0.457. The highest BCUT2D eigenvalue weighted by molar-refractivity contribution is 5.32. The highest BCUT2D eigenvalue weighted by atomic mass is 19.1. The number of anilines is 1. The Labute approximate surface area is 116 Å². The summed E-state index contributed by atoms with van der Waals surface area (Å²) in [6, 6.07) is 3.90. The molecule has 2 atom stereocenters. The summed E-state index contributed by atoms with van der Waals surface area (Å²) in [5.41, 5.74) is 1.14. The van der Waals surface area contributed by atoms with Gasteiger partial charge in [-0.05, 0) is 24.1 Å². The molecule has 2 aromatic heterocycles. The van der Waals surface area contributed by atoms with Gasteiger partial charge < -0.3 is 10.0 Å². The van der Waals surface area contributed by atoms with Crippen molar-refractivity contribution in [3.05, 3.63) is 48.3 Å². The second-order valence-corrected chi connectivity index (χ2v) is 4.99. The van der Waals surface area contributed by atoms with Gasteiger partial charge in [0.05, 0.1) is 18.5 Å². The molecule has 0 amide bonds. The Kier molecular flexibility index (Phi) is 3.56. The average Bonchev–Trinajstić information content (AvgIpc) is 2.82. The van der Waals surface area contributed by atoms with Crippen molar-refractivity contribution in [1.29, 1.82) is 0 Å². The van der Waals surface area contributed by atoms with Gasteiger partial charge in [0, 0.05) is 31.4 Å². The van der Waals surface area contributed by atoms with Crippen LogP contribution in [-0.2, 0) is 6.42 Å². The Balaban J connectivity index is 1.69. The second-order valence-electron chi connectivity index (χ2n) is 4.99. The summed E-state index contributed by atoms with van der Waals surface area (Å²) in [6.45, 7) is 1.14. The molecule has 6 heteroatoms. The number of rotatable bonds is 3. The first-order valence-electron chi connectivity index (χ1n) is 6.52. The molecule has 0 spiro atoms. The van der Waals surface area contributed by atoms with E-state index in [4.69, 9.17) is 0 Å². The van der Waals surface area contributed by atoms with Crippen molar-refractivity contribution in [2.24, 2.45) is 5.92 Å². The number of aliphatic hydroxyl groups excluding tert-OH is 1. The number of pyridine rings is 1. The monoisotopic (exact) mass is 274 g/mol. The maximum Gasteiger partial charge on any atom is 0.225 e. The zero-order valence-electron chi connectivity index (χ0n) is 10.9. The van der Waals surface area contributed by atoms with E-state index < -0.39 is 11.9 Å². The van der Waals surface area contributed by atoms with Gasteiger partial charge in [-0.2, -0.15) is 0 Å². The summed E-state index contributed by atoms with van der Waals surface area (Å²) < 4.78 is 12.8. The van der Waals surface area contributed by atoms with Crippen molar-refractivity contribution in [1.82, 2.24) is 15.0 Å². The number of aromatic nitrogens is 3. The summed E-state index contributed by atoms with van der Waals surface area (Å²) >= 11 is 0. The fourth-order valence-electron chi connectivity index (χ4n) is 2.51. The molecule has 2 aromatic rings. The van der Waals surface area contributed by atoms with Crippen LogP contribution in [0.3, 0.4) is 0 Å². The number of β-amino-alcohol motifs (C(OH)–C–C–N with tert-alkyl or cyclic N) is 1. The van der Waals surface area contributed by atoms with Crippen LogP contribution in [-0.4, -0.2) is 39.3 Å². The molecule has 1 fully saturated rings. The first-order valence-corrected chi connectivity index (χ1v) is 6.52. The molecule has 3 heterocycles. The van der Waals surface area contributed by atoms with E-state index in [2.05, 4.69) is 15.0 Å². The Morgan fingerprint density at radius 3 is 2.60 bits per heavy atom. The lowest BCUT2D eigenvalue weighted by atomic mass is 9.97. The molecule has 3 rings (SSSR count). The van der Waals surface area contributed by atoms with Gasteiger partial charge >= 0.3 is 0 Å². The maximum absolute atomic E-state index is 12.8. The number of aliphatic hydroxyl groups is 1. The molecule has 1 aliphatic heterocycles. The van der Waals surface area contributed by atoms with Crippen LogP contribution in [0.2, 0.25) is 0 Å². The summed E-state index contributed by atoms with van der Waals surface area (Å²) in [5, 5.41) is 10.1. The average molecular weight is 274 g/mol. The van der Waals surface area contributed by atoms with Crippen molar-refractivity contribution >= 4 is 5.95 Å². The Morgan fingerprint density at radius 2 is 1.90 bits per heavy atom. The zero-order valence-corrected chi connectivity index (χ0v) is 10.9. The van der Waals surface area contributed by atoms with Gasteiger partial charge in [-0.25, -0.2) is 14.4 Å². The molecule has 0 unspecified atom stereocenters. The number of hydrogen-bond donors (Lipinski definition) is 1. The highest BCUT2D eigenvalue weighted by Gasteiger charge is 2.32. The molecule has 0 bridgehead atoms. The van der Waals surface area contributed by atoms with E-state index >= 15 is 0 Å². The topological polar surface area (TPSA) is 62.1 Å². The highest BCUT2D eigenvalue weighted by Crippen LogP contribution is 2.24. The Hall–Kier alpha value is -2.08. The second kappa shape index (κ2) is 5.50. The maximum atomic E-state index is 12.8. The van der Waals surface area contributed by atoms with Gasteiger partial charge in [0.15, 0.2) is 5.82 Å². The largest absolute Gasteiger partial charge is 0.391 e. The van der Waals surface area contributed by atoms with Crippen LogP contribution >= 0.6 is 0 Å². The number of nitrogens with zero attached hydrogens (tertiary/aromatic N) is 4. The summed E-state index contributed by atoms with van der Waals surface area (Å²) in [7, 11) is 0. The lowest BCUT2D eigenvalue weighted by Crippen LogP contribution is -2.23. The summed E-state index contributed by atoms with van der Waals surface area (Å²) in [5.74, 6) is 0.121. The van der Waals surface area contributed by atoms with E-state index in [1.54, 1.807) is 12.4 Å². The van der Waals surface area contributed by atoms with Crippen LogP contribution in [0.4, 0.5) is 10.3 Å². The summed E-state index contributed by atoms with van der Waals surface area (Å²) in [6.07, 6.45) is 6.13. The fourth-order valence-corrected chi connectivity index (χ4v) is 2.51. The predicted octanol–water partition coefficient (Wildman–Crippen LogP) is 1.05. The molecule has 104 valence electrons. The van der Waals surface area contributed by atoms with E-state index in [0.29, 0.717) is 19.0 Å². The molecule has 1 saturated heterocycles. The Bertz CT molecular complexity index is 563. The van der Waals surface area contributed by atoms with Gasteiger partial charge in [0.25, 0.3) is 0 Å². The van der Waals surface area contributed by atoms with Gasteiger partial charge in [-0.3, -0.25) is 4.98 Å². The molecule has 0 saturated carbocycles. The standard InChI is InChI=1S/C14H15FN4O/c15-12-6-17-14(18-7-12)19-8-11(13(20)9-19)5-10-1-3-16-4-2-10/h1-4,6-7,11,13,20H,5,8-9H2/t11-,13+/m1/s1. The van der Waals surface area contributed by atoms with E-state index in [0.717, 1.165) is 24.4 Å². The lowest BCUT2D eigenvalue weighted by molar-refractivity contribution is 0.148. The molecule has 20 heavy (non-hydrogen) atoms. The normalized spacial score (nSPS) is 22.2. The van der Waals surface area contributed by atoms with E-state index in [1.165, 1.54) is 0 Å². The van der Waals surface area contributed by atoms with Crippen molar-refractivity contribution in [2.45, 2.75) is 12.5 Å². The van der Waals surface area contributed by atoms with E-state index in [1.807, 2.05) is 17.0 Å². The first kappa shape index (κ1) is 12.9. The minimum absolute atomic E-state index is 0.117. The third kappa shape index (κ3) is 2.75. The van der Waals surface area contributed by atoms with Crippen LogP contribution in [0, 0.1) is 11.7 Å². The van der Waals surface area contributed by atoms with Gasteiger partial charge in [0.2, 0.25) is 5.95 Å². The quantitative estimate of drug-likeness (QED) is 0.906. The molecule has 0 aliphatic carbocycles. The van der Waals surface area contributed by atoms with Gasteiger partial charge in [0.1, 0.15) is 0 Å². The SMILES string of the molecule is O[C@H]1CN(c2ncc(F)cn2)C[C@H]1Cc1ccncc1. The first-order chi connectivity index (χ1) is 9.72. The van der Waals surface area contributed by atoms with Crippen molar-refractivity contribution in [3.8, 4) is 0 Å². The number of halogens is 1. The predicted molar refractivity (Wildman–Crippen MR) is 71.6 cm³/mol. The van der Waals surface area contributed by atoms with Crippen molar-refractivity contribution in [3.63, 3.8) is 0 Å². The number of hydrogen-bond acceptors (Lipinski definition) is 5. The van der Waals surface area contributed by atoms with Crippen LogP contribution in [0.5, 0.6) is 0 Å². The lowest BCUT2D eigenvalue weighted by Gasteiger charge is -2.15.